The number of carbonyl (C=O) groups is 2. The first-order valence-corrected chi connectivity index (χ1v) is 7.77. The maximum absolute atomic E-state index is 12.4. The van der Waals surface area contributed by atoms with Gasteiger partial charge in [-0.1, -0.05) is 49.6 Å². The van der Waals surface area contributed by atoms with Crippen LogP contribution in [0.15, 0.2) is 30.3 Å². The van der Waals surface area contributed by atoms with E-state index in [0.29, 0.717) is 0 Å². The minimum Gasteiger partial charge on any atom is -0.481 e. The van der Waals surface area contributed by atoms with Crippen LogP contribution >= 0.6 is 0 Å². The second-order valence-electron chi connectivity index (χ2n) is 6.10. The number of hydrogen-bond acceptors (Lipinski definition) is 2. The topological polar surface area (TPSA) is 57.6 Å². The molecule has 112 valence electrons. The zero-order valence-corrected chi connectivity index (χ0v) is 12.1. The lowest BCUT2D eigenvalue weighted by Gasteiger charge is -2.36. The van der Waals surface area contributed by atoms with Crippen molar-refractivity contribution in [2.24, 2.45) is 5.92 Å². The van der Waals surface area contributed by atoms with Crippen molar-refractivity contribution in [2.75, 3.05) is 0 Å². The van der Waals surface area contributed by atoms with E-state index in [1.165, 1.54) is 6.42 Å². The molecule has 0 spiro atoms. The molecule has 2 aliphatic rings. The van der Waals surface area contributed by atoms with Crippen molar-refractivity contribution in [3.05, 3.63) is 35.9 Å². The molecular weight excluding hydrogens is 266 g/mol. The van der Waals surface area contributed by atoms with E-state index < -0.39 is 11.9 Å². The molecule has 3 rings (SSSR count). The summed E-state index contributed by atoms with van der Waals surface area (Å²) in [4.78, 5) is 25.9. The first-order valence-electron chi connectivity index (χ1n) is 7.77. The molecule has 1 aliphatic heterocycles. The lowest BCUT2D eigenvalue weighted by molar-refractivity contribution is -0.142. The number of nitrogens with zero attached hydrogens (tertiary/aromatic N) is 1. The summed E-state index contributed by atoms with van der Waals surface area (Å²) in [6.07, 6.45) is 5.62. The van der Waals surface area contributed by atoms with Gasteiger partial charge in [0.1, 0.15) is 0 Å². The van der Waals surface area contributed by atoms with Crippen LogP contribution in [0.1, 0.15) is 50.1 Å². The summed E-state index contributed by atoms with van der Waals surface area (Å²) in [6, 6.07) is 9.53. The molecule has 2 atom stereocenters. The largest absolute Gasteiger partial charge is 0.481 e. The lowest BCUT2D eigenvalue weighted by Crippen LogP contribution is -2.40. The molecule has 0 radical (unpaired) electrons. The Morgan fingerprint density at radius 3 is 2.38 bits per heavy atom. The molecule has 0 aromatic heterocycles. The van der Waals surface area contributed by atoms with E-state index in [1.807, 2.05) is 35.2 Å². The standard InChI is InChI=1S/C17H21NO3/c19-15-11-14(17(20)21)16(12-7-3-1-4-8-12)18(15)13-9-5-2-6-10-13/h1,3-4,7-8,13-14,16H,2,5-6,9-11H2,(H,20,21)/t14-,16-/m0/s1. The molecule has 4 heteroatoms. The fourth-order valence-electron chi connectivity index (χ4n) is 3.81. The van der Waals surface area contributed by atoms with E-state index in [-0.39, 0.29) is 24.4 Å². The van der Waals surface area contributed by atoms with Crippen LogP contribution < -0.4 is 0 Å². The summed E-state index contributed by atoms with van der Waals surface area (Å²) < 4.78 is 0. The van der Waals surface area contributed by atoms with E-state index in [0.717, 1.165) is 31.2 Å². The molecule has 0 unspecified atom stereocenters. The van der Waals surface area contributed by atoms with Crippen LogP contribution in [0.25, 0.3) is 0 Å². The fourth-order valence-corrected chi connectivity index (χ4v) is 3.81. The first-order chi connectivity index (χ1) is 10.2. The molecule has 21 heavy (non-hydrogen) atoms. The van der Waals surface area contributed by atoms with E-state index in [1.54, 1.807) is 0 Å². The molecule has 1 saturated heterocycles. The Hall–Kier alpha value is -1.84. The van der Waals surface area contributed by atoms with E-state index in [2.05, 4.69) is 0 Å². The number of likely N-dealkylation sites (tertiary alicyclic amines) is 1. The van der Waals surface area contributed by atoms with E-state index >= 15 is 0 Å². The van der Waals surface area contributed by atoms with Gasteiger partial charge in [0.05, 0.1) is 12.0 Å². The van der Waals surface area contributed by atoms with Crippen molar-refractivity contribution in [2.45, 2.75) is 50.6 Å². The van der Waals surface area contributed by atoms with E-state index in [9.17, 15) is 14.7 Å². The highest BCUT2D eigenvalue weighted by atomic mass is 16.4. The zero-order valence-electron chi connectivity index (χ0n) is 12.1. The normalized spacial score (nSPS) is 27.0. The Kier molecular flexibility index (Phi) is 3.95. The summed E-state index contributed by atoms with van der Waals surface area (Å²) >= 11 is 0. The Balaban J connectivity index is 1.95. The van der Waals surface area contributed by atoms with Gasteiger partial charge < -0.3 is 10.0 Å². The van der Waals surface area contributed by atoms with Gasteiger partial charge in [0.25, 0.3) is 0 Å². The van der Waals surface area contributed by atoms with Crippen molar-refractivity contribution in [3.63, 3.8) is 0 Å². The van der Waals surface area contributed by atoms with Crippen molar-refractivity contribution < 1.29 is 14.7 Å². The van der Waals surface area contributed by atoms with Crippen molar-refractivity contribution in [3.8, 4) is 0 Å². The monoisotopic (exact) mass is 287 g/mol. The summed E-state index contributed by atoms with van der Waals surface area (Å²) in [5.74, 6) is -1.49. The molecule has 1 N–H and O–H groups in total. The van der Waals surface area contributed by atoms with Crippen molar-refractivity contribution >= 4 is 11.9 Å². The average Bonchev–Trinajstić information content (AvgIpc) is 2.87. The number of carbonyl (C=O) groups excluding carboxylic acids is 1. The van der Waals surface area contributed by atoms with Gasteiger partial charge in [-0.2, -0.15) is 0 Å². The van der Waals surface area contributed by atoms with Gasteiger partial charge in [-0.05, 0) is 18.4 Å². The number of carboxylic acids is 1. The Bertz CT molecular complexity index is 522. The third kappa shape index (κ3) is 2.67. The molecule has 1 heterocycles. The quantitative estimate of drug-likeness (QED) is 0.929. The molecule has 1 aromatic rings. The SMILES string of the molecule is O=C(O)[C@H]1CC(=O)N(C2CCCCC2)[C@H]1c1ccccc1. The molecule has 1 saturated carbocycles. The van der Waals surface area contributed by atoms with Gasteiger partial charge in [0.2, 0.25) is 5.91 Å². The Morgan fingerprint density at radius 1 is 1.10 bits per heavy atom. The van der Waals surface area contributed by atoms with Gasteiger partial charge in [0, 0.05) is 12.5 Å². The first kappa shape index (κ1) is 14.1. The van der Waals surface area contributed by atoms with Gasteiger partial charge in [-0.3, -0.25) is 9.59 Å². The summed E-state index contributed by atoms with van der Waals surface area (Å²) in [5, 5.41) is 9.50. The van der Waals surface area contributed by atoms with Crippen LogP contribution in [0.5, 0.6) is 0 Å². The summed E-state index contributed by atoms with van der Waals surface area (Å²) in [6.45, 7) is 0. The van der Waals surface area contributed by atoms with Crippen LogP contribution in [0.4, 0.5) is 0 Å². The number of rotatable bonds is 3. The highest BCUT2D eigenvalue weighted by Crippen LogP contribution is 2.42. The van der Waals surface area contributed by atoms with Crippen LogP contribution in [0.2, 0.25) is 0 Å². The molecule has 0 bridgehead atoms. The molecular formula is C17H21NO3. The highest BCUT2D eigenvalue weighted by molar-refractivity contribution is 5.87. The van der Waals surface area contributed by atoms with Crippen LogP contribution in [0.3, 0.4) is 0 Å². The zero-order chi connectivity index (χ0) is 14.8. The molecule has 1 amide bonds. The number of amides is 1. The maximum Gasteiger partial charge on any atom is 0.309 e. The maximum atomic E-state index is 12.4. The highest BCUT2D eigenvalue weighted by Gasteiger charge is 2.47. The molecule has 4 nitrogen and oxygen atoms in total. The van der Waals surface area contributed by atoms with E-state index in [4.69, 9.17) is 0 Å². The predicted octanol–water partition coefficient (Wildman–Crippen LogP) is 2.99. The predicted molar refractivity (Wildman–Crippen MR) is 78.6 cm³/mol. The number of carboxylic acid groups (broad SMARTS) is 1. The Morgan fingerprint density at radius 2 is 1.76 bits per heavy atom. The minimum atomic E-state index is -0.865. The Labute approximate surface area is 124 Å². The van der Waals surface area contributed by atoms with Crippen LogP contribution in [0, 0.1) is 5.92 Å². The van der Waals surface area contributed by atoms with Gasteiger partial charge in [-0.15, -0.1) is 0 Å². The third-order valence-corrected chi connectivity index (χ3v) is 4.79. The smallest absolute Gasteiger partial charge is 0.309 e. The second-order valence-corrected chi connectivity index (χ2v) is 6.10. The lowest BCUT2D eigenvalue weighted by atomic mass is 9.90. The molecule has 2 fully saturated rings. The van der Waals surface area contributed by atoms with Crippen molar-refractivity contribution in [1.82, 2.24) is 4.90 Å². The number of aliphatic carboxylic acids is 1. The summed E-state index contributed by atoms with van der Waals surface area (Å²) in [7, 11) is 0. The fraction of sp³-hybridized carbons (Fsp3) is 0.529. The third-order valence-electron chi connectivity index (χ3n) is 4.79. The van der Waals surface area contributed by atoms with Crippen LogP contribution in [-0.4, -0.2) is 27.9 Å². The number of benzene rings is 1. The average molecular weight is 287 g/mol. The number of hydrogen-bond donors (Lipinski definition) is 1. The van der Waals surface area contributed by atoms with Crippen molar-refractivity contribution in [1.29, 1.82) is 0 Å². The van der Waals surface area contributed by atoms with Gasteiger partial charge in [-0.25, -0.2) is 0 Å². The molecule has 1 aliphatic carbocycles. The van der Waals surface area contributed by atoms with Gasteiger partial charge in [0.15, 0.2) is 0 Å². The van der Waals surface area contributed by atoms with Crippen LogP contribution in [-0.2, 0) is 9.59 Å². The molecule has 1 aromatic carbocycles. The second kappa shape index (κ2) is 5.88. The van der Waals surface area contributed by atoms with Gasteiger partial charge >= 0.3 is 5.97 Å². The summed E-state index contributed by atoms with van der Waals surface area (Å²) in [5.41, 5.74) is 0.946. The minimum absolute atomic E-state index is 0.00292.